The van der Waals surface area contributed by atoms with Crippen molar-refractivity contribution in [3.05, 3.63) is 11.5 Å². The summed E-state index contributed by atoms with van der Waals surface area (Å²) in [4.78, 5) is 4.60. The Bertz CT molecular complexity index is 352. The molecule has 1 aliphatic carbocycles. The van der Waals surface area contributed by atoms with Crippen LogP contribution in [0, 0.1) is 0 Å². The fourth-order valence-electron chi connectivity index (χ4n) is 2.04. The average Bonchev–Trinajstić information content (AvgIpc) is 2.98. The Hall–Kier alpha value is -1.19. The van der Waals surface area contributed by atoms with E-state index in [-0.39, 0.29) is 0 Å². The number of nitrogens with zero attached hydrogens (tertiary/aromatic N) is 2. The summed E-state index contributed by atoms with van der Waals surface area (Å²) in [6.07, 6.45) is 4.67. The Morgan fingerprint density at radius 2 is 2.20 bits per heavy atom. The van der Waals surface area contributed by atoms with Gasteiger partial charge in [0.1, 0.15) is 11.6 Å². The highest BCUT2D eigenvalue weighted by molar-refractivity contribution is 5.41. The summed E-state index contributed by atoms with van der Waals surface area (Å²) < 4.78 is 1.58. The van der Waals surface area contributed by atoms with Crippen LogP contribution in [0.2, 0.25) is 0 Å². The van der Waals surface area contributed by atoms with Crippen molar-refractivity contribution >= 4 is 5.82 Å². The normalized spacial score (nSPS) is 18.0. The van der Waals surface area contributed by atoms with E-state index >= 15 is 0 Å². The van der Waals surface area contributed by atoms with Crippen molar-refractivity contribution in [3.63, 3.8) is 0 Å². The Balaban J connectivity index is 2.27. The van der Waals surface area contributed by atoms with Gasteiger partial charge in [-0.05, 0) is 19.3 Å². The quantitative estimate of drug-likeness (QED) is 0.743. The summed E-state index contributed by atoms with van der Waals surface area (Å²) in [5, 5.41) is 0. The molecule has 1 fully saturated rings. The van der Waals surface area contributed by atoms with Crippen LogP contribution in [-0.4, -0.2) is 9.66 Å². The zero-order valence-corrected chi connectivity index (χ0v) is 9.53. The average molecular weight is 208 g/mol. The van der Waals surface area contributed by atoms with Crippen molar-refractivity contribution in [2.24, 2.45) is 0 Å². The van der Waals surface area contributed by atoms with Crippen molar-refractivity contribution in [3.8, 4) is 0 Å². The van der Waals surface area contributed by atoms with E-state index in [0.29, 0.717) is 17.7 Å². The molecule has 1 heterocycles. The van der Waals surface area contributed by atoms with Gasteiger partial charge >= 0.3 is 0 Å². The molecule has 2 rings (SSSR count). The summed E-state index contributed by atoms with van der Waals surface area (Å²) in [7, 11) is 0. The molecule has 84 valence electrons. The van der Waals surface area contributed by atoms with Crippen molar-refractivity contribution in [2.45, 2.75) is 51.4 Å². The number of nitrogen functional groups attached to an aromatic ring is 2. The van der Waals surface area contributed by atoms with Gasteiger partial charge in [-0.15, -0.1) is 0 Å². The third kappa shape index (κ3) is 1.80. The lowest BCUT2D eigenvalue weighted by atomic mass is 10.0. The Kier molecular flexibility index (Phi) is 2.59. The second-order valence-corrected chi connectivity index (χ2v) is 4.57. The number of hydrogen-bond donors (Lipinski definition) is 2. The number of imidazole rings is 1. The molecule has 4 nitrogen and oxygen atoms in total. The minimum absolute atomic E-state index is 0.414. The van der Waals surface area contributed by atoms with Gasteiger partial charge in [-0.2, -0.15) is 0 Å². The molecule has 0 bridgehead atoms. The van der Waals surface area contributed by atoms with E-state index in [1.165, 1.54) is 12.8 Å². The van der Waals surface area contributed by atoms with Crippen LogP contribution in [0.3, 0.4) is 0 Å². The number of rotatable bonds is 4. The number of hydrogen-bond acceptors (Lipinski definition) is 3. The van der Waals surface area contributed by atoms with Crippen LogP contribution in [0.5, 0.6) is 0 Å². The Labute approximate surface area is 90.6 Å². The monoisotopic (exact) mass is 208 g/mol. The van der Waals surface area contributed by atoms with E-state index < -0.39 is 0 Å². The van der Waals surface area contributed by atoms with Gasteiger partial charge in [0, 0.05) is 11.8 Å². The minimum atomic E-state index is 0.414. The lowest BCUT2D eigenvalue weighted by molar-refractivity contribution is 0.650. The SMILES string of the molecule is CCCC(C)c1nc(C2CC2)n(N)c1N. The first kappa shape index (κ1) is 10.3. The molecule has 4 N–H and O–H groups in total. The molecule has 0 saturated heterocycles. The van der Waals surface area contributed by atoms with E-state index in [9.17, 15) is 0 Å². The molecule has 0 radical (unpaired) electrons. The van der Waals surface area contributed by atoms with Crippen LogP contribution in [-0.2, 0) is 0 Å². The van der Waals surface area contributed by atoms with Gasteiger partial charge in [0.25, 0.3) is 0 Å². The molecule has 1 unspecified atom stereocenters. The molecule has 1 atom stereocenters. The molecule has 1 aromatic rings. The smallest absolute Gasteiger partial charge is 0.146 e. The number of aromatic nitrogens is 2. The molecular weight excluding hydrogens is 188 g/mol. The highest BCUT2D eigenvalue weighted by Crippen LogP contribution is 2.40. The molecule has 0 spiro atoms. The van der Waals surface area contributed by atoms with Gasteiger partial charge in [0.05, 0.1) is 5.69 Å². The van der Waals surface area contributed by atoms with Gasteiger partial charge in [0.15, 0.2) is 0 Å². The molecule has 0 aliphatic heterocycles. The predicted octanol–water partition coefficient (Wildman–Crippen LogP) is 1.96. The van der Waals surface area contributed by atoms with Gasteiger partial charge in [-0.25, -0.2) is 9.66 Å². The van der Waals surface area contributed by atoms with Crippen LogP contribution in [0.4, 0.5) is 5.82 Å². The zero-order valence-electron chi connectivity index (χ0n) is 9.53. The van der Waals surface area contributed by atoms with Gasteiger partial charge in [-0.1, -0.05) is 20.3 Å². The summed E-state index contributed by atoms with van der Waals surface area (Å²) in [5.41, 5.74) is 6.96. The third-order valence-corrected chi connectivity index (χ3v) is 3.13. The summed E-state index contributed by atoms with van der Waals surface area (Å²) >= 11 is 0. The summed E-state index contributed by atoms with van der Waals surface area (Å²) in [6.45, 7) is 4.34. The Morgan fingerprint density at radius 1 is 1.53 bits per heavy atom. The highest BCUT2D eigenvalue weighted by atomic mass is 15.4. The van der Waals surface area contributed by atoms with E-state index in [0.717, 1.165) is 24.4 Å². The van der Waals surface area contributed by atoms with Crippen molar-refractivity contribution < 1.29 is 0 Å². The van der Waals surface area contributed by atoms with E-state index in [2.05, 4.69) is 18.8 Å². The molecule has 1 aromatic heterocycles. The lowest BCUT2D eigenvalue weighted by Crippen LogP contribution is -2.15. The fraction of sp³-hybridized carbons (Fsp3) is 0.727. The van der Waals surface area contributed by atoms with Crippen LogP contribution < -0.4 is 11.6 Å². The van der Waals surface area contributed by atoms with E-state index in [1.54, 1.807) is 4.68 Å². The van der Waals surface area contributed by atoms with E-state index in [4.69, 9.17) is 11.6 Å². The maximum atomic E-state index is 5.98. The largest absolute Gasteiger partial charge is 0.382 e. The second-order valence-electron chi connectivity index (χ2n) is 4.57. The molecule has 1 aliphatic rings. The molecular formula is C11H20N4. The number of nitrogens with two attached hydrogens (primary N) is 2. The first-order valence-corrected chi connectivity index (χ1v) is 5.78. The highest BCUT2D eigenvalue weighted by Gasteiger charge is 2.31. The number of anilines is 1. The Morgan fingerprint density at radius 3 is 2.73 bits per heavy atom. The maximum Gasteiger partial charge on any atom is 0.146 e. The van der Waals surface area contributed by atoms with Crippen LogP contribution in [0.1, 0.15) is 62.9 Å². The fourth-order valence-corrected chi connectivity index (χ4v) is 2.04. The van der Waals surface area contributed by atoms with Crippen LogP contribution in [0.15, 0.2) is 0 Å². The predicted molar refractivity (Wildman–Crippen MR) is 62.1 cm³/mol. The zero-order chi connectivity index (χ0) is 11.0. The van der Waals surface area contributed by atoms with Gasteiger partial charge in [0.2, 0.25) is 0 Å². The first-order valence-electron chi connectivity index (χ1n) is 5.78. The maximum absolute atomic E-state index is 5.98. The van der Waals surface area contributed by atoms with Crippen LogP contribution >= 0.6 is 0 Å². The molecule has 0 aromatic carbocycles. The molecule has 4 heteroatoms. The van der Waals surface area contributed by atoms with Gasteiger partial charge in [-0.3, -0.25) is 0 Å². The first-order chi connectivity index (χ1) is 7.15. The van der Waals surface area contributed by atoms with Crippen molar-refractivity contribution in [1.29, 1.82) is 0 Å². The van der Waals surface area contributed by atoms with Gasteiger partial charge < -0.3 is 11.6 Å². The second kappa shape index (κ2) is 3.76. The molecule has 0 amide bonds. The van der Waals surface area contributed by atoms with E-state index in [1.807, 2.05) is 0 Å². The topological polar surface area (TPSA) is 69.9 Å². The van der Waals surface area contributed by atoms with Crippen molar-refractivity contribution in [2.75, 3.05) is 11.6 Å². The van der Waals surface area contributed by atoms with Crippen LogP contribution in [0.25, 0.3) is 0 Å². The van der Waals surface area contributed by atoms with Crippen molar-refractivity contribution in [1.82, 2.24) is 9.66 Å². The summed E-state index contributed by atoms with van der Waals surface area (Å²) in [5.74, 6) is 8.51. The summed E-state index contributed by atoms with van der Waals surface area (Å²) in [6, 6.07) is 0. The lowest BCUT2D eigenvalue weighted by Gasteiger charge is -2.07. The third-order valence-electron chi connectivity index (χ3n) is 3.13. The minimum Gasteiger partial charge on any atom is -0.382 e. The molecule has 1 saturated carbocycles. The molecule has 15 heavy (non-hydrogen) atoms. The standard InChI is InChI=1S/C11H20N4/c1-3-4-7(2)9-10(12)15(13)11(14-9)8-5-6-8/h7-8H,3-6,12-13H2,1-2H3.